The van der Waals surface area contributed by atoms with Crippen molar-refractivity contribution in [2.24, 2.45) is 4.99 Å². The van der Waals surface area contributed by atoms with Gasteiger partial charge in [0.2, 0.25) is 0 Å². The molecule has 1 aromatic carbocycles. The molecule has 1 amide bonds. The molecular weight excluding hydrogens is 408 g/mol. The number of nitrogens with zero attached hydrogens (tertiary/aromatic N) is 3. The second-order valence-electron chi connectivity index (χ2n) is 8.84. The summed E-state index contributed by atoms with van der Waals surface area (Å²) in [5.41, 5.74) is 1.30. The quantitative estimate of drug-likeness (QED) is 0.550. The second-order valence-corrected chi connectivity index (χ2v) is 8.84. The molecule has 3 aliphatic heterocycles. The lowest BCUT2D eigenvalue weighted by molar-refractivity contribution is -0.142. The van der Waals surface area contributed by atoms with Crippen LogP contribution < -0.4 is 10.1 Å². The Hall–Kier alpha value is -2.32. The van der Waals surface area contributed by atoms with Gasteiger partial charge in [0.1, 0.15) is 11.9 Å². The highest BCUT2D eigenvalue weighted by atomic mass is 16.5. The molecule has 0 bridgehead atoms. The number of benzene rings is 1. The minimum absolute atomic E-state index is 0.00192. The lowest BCUT2D eigenvalue weighted by atomic mass is 9.74. The molecule has 8 nitrogen and oxygen atoms in total. The molecule has 3 fully saturated rings. The number of ether oxygens (including phenoxy) is 3. The molecule has 1 N–H and O–H groups in total. The zero-order valence-corrected chi connectivity index (χ0v) is 19.3. The van der Waals surface area contributed by atoms with Crippen molar-refractivity contribution in [3.05, 3.63) is 29.8 Å². The Morgan fingerprint density at radius 1 is 1.12 bits per heavy atom. The summed E-state index contributed by atoms with van der Waals surface area (Å²) in [5.74, 6) is 1.91. The molecule has 1 unspecified atom stereocenters. The van der Waals surface area contributed by atoms with Crippen molar-refractivity contribution in [3.8, 4) is 5.75 Å². The van der Waals surface area contributed by atoms with E-state index in [0.29, 0.717) is 19.7 Å². The van der Waals surface area contributed by atoms with E-state index in [4.69, 9.17) is 14.2 Å². The standard InChI is InChI=1S/C24H36N4O4/c1-25-23(28-13-11-27(12-14-28)22(29)21-4-3-15-32-21)26-18-24(9-16-31-17-10-24)19-5-7-20(30-2)8-6-19/h5-8,21H,3-4,9-18H2,1-2H3,(H,25,26). The molecule has 0 aliphatic carbocycles. The van der Waals surface area contributed by atoms with Crippen LogP contribution in [0.15, 0.2) is 29.3 Å². The van der Waals surface area contributed by atoms with Crippen LogP contribution >= 0.6 is 0 Å². The number of hydrogen-bond acceptors (Lipinski definition) is 5. The minimum atomic E-state index is -0.239. The van der Waals surface area contributed by atoms with Crippen LogP contribution in [-0.2, 0) is 19.7 Å². The molecule has 3 saturated heterocycles. The zero-order chi connectivity index (χ0) is 22.4. The predicted octanol–water partition coefficient (Wildman–Crippen LogP) is 1.64. The van der Waals surface area contributed by atoms with Gasteiger partial charge in [0, 0.05) is 65.0 Å². The van der Waals surface area contributed by atoms with Gasteiger partial charge >= 0.3 is 0 Å². The smallest absolute Gasteiger partial charge is 0.251 e. The Bertz CT molecular complexity index is 778. The summed E-state index contributed by atoms with van der Waals surface area (Å²) >= 11 is 0. The predicted molar refractivity (Wildman–Crippen MR) is 123 cm³/mol. The van der Waals surface area contributed by atoms with Gasteiger partial charge in [0.25, 0.3) is 5.91 Å². The highest BCUT2D eigenvalue weighted by Crippen LogP contribution is 2.35. The van der Waals surface area contributed by atoms with Crippen LogP contribution in [0, 0.1) is 0 Å². The van der Waals surface area contributed by atoms with E-state index in [-0.39, 0.29) is 17.4 Å². The SMILES string of the molecule is CN=C(NCC1(c2ccc(OC)cc2)CCOCC1)N1CCN(C(=O)C2CCCO2)CC1. The molecule has 0 aromatic heterocycles. The maximum absolute atomic E-state index is 12.6. The van der Waals surface area contributed by atoms with Gasteiger partial charge in [-0.1, -0.05) is 12.1 Å². The fraction of sp³-hybridized carbons (Fsp3) is 0.667. The maximum Gasteiger partial charge on any atom is 0.251 e. The summed E-state index contributed by atoms with van der Waals surface area (Å²) in [6.07, 6.45) is 3.52. The topological polar surface area (TPSA) is 75.6 Å². The minimum Gasteiger partial charge on any atom is -0.497 e. The highest BCUT2D eigenvalue weighted by molar-refractivity contribution is 5.83. The molecule has 32 heavy (non-hydrogen) atoms. The first kappa shape index (κ1) is 22.9. The number of guanidine groups is 1. The van der Waals surface area contributed by atoms with Gasteiger partial charge in [0.15, 0.2) is 5.96 Å². The van der Waals surface area contributed by atoms with Crippen LogP contribution in [0.4, 0.5) is 0 Å². The largest absolute Gasteiger partial charge is 0.497 e. The summed E-state index contributed by atoms with van der Waals surface area (Å²) in [6.45, 7) is 5.98. The number of amides is 1. The van der Waals surface area contributed by atoms with E-state index < -0.39 is 0 Å². The lowest BCUT2D eigenvalue weighted by Crippen LogP contribution is -2.56. The summed E-state index contributed by atoms with van der Waals surface area (Å²) in [6, 6.07) is 8.41. The van der Waals surface area contributed by atoms with E-state index >= 15 is 0 Å². The molecular formula is C24H36N4O4. The second kappa shape index (κ2) is 10.5. The van der Waals surface area contributed by atoms with Crippen molar-refractivity contribution in [3.63, 3.8) is 0 Å². The Kier molecular flexibility index (Phi) is 7.52. The van der Waals surface area contributed by atoms with E-state index in [0.717, 1.165) is 70.2 Å². The van der Waals surface area contributed by atoms with Gasteiger partial charge in [-0.2, -0.15) is 0 Å². The summed E-state index contributed by atoms with van der Waals surface area (Å²) in [7, 11) is 3.52. The number of hydrogen-bond donors (Lipinski definition) is 1. The van der Waals surface area contributed by atoms with Crippen molar-refractivity contribution in [1.82, 2.24) is 15.1 Å². The molecule has 176 valence electrons. The molecule has 3 heterocycles. The third kappa shape index (κ3) is 5.02. The number of aliphatic imine (C=N–C) groups is 1. The number of carbonyl (C=O) groups is 1. The third-order valence-electron chi connectivity index (χ3n) is 7.04. The molecule has 1 atom stereocenters. The Morgan fingerprint density at radius 3 is 2.41 bits per heavy atom. The summed E-state index contributed by atoms with van der Waals surface area (Å²) in [5, 5.41) is 3.64. The van der Waals surface area contributed by atoms with Crippen LogP contribution in [0.1, 0.15) is 31.2 Å². The zero-order valence-electron chi connectivity index (χ0n) is 19.3. The van der Waals surface area contributed by atoms with Gasteiger partial charge < -0.3 is 29.3 Å². The molecule has 3 aliphatic rings. The fourth-order valence-electron chi connectivity index (χ4n) is 4.97. The first-order valence-corrected chi connectivity index (χ1v) is 11.7. The number of rotatable bonds is 5. The van der Waals surface area contributed by atoms with Crippen molar-refractivity contribution in [2.75, 3.05) is 66.7 Å². The van der Waals surface area contributed by atoms with E-state index in [1.165, 1.54) is 5.56 Å². The fourth-order valence-corrected chi connectivity index (χ4v) is 4.97. The molecule has 0 spiro atoms. The Labute approximate surface area is 190 Å². The lowest BCUT2D eigenvalue weighted by Gasteiger charge is -2.41. The third-order valence-corrected chi connectivity index (χ3v) is 7.04. The van der Waals surface area contributed by atoms with Crippen molar-refractivity contribution in [1.29, 1.82) is 0 Å². The van der Waals surface area contributed by atoms with Crippen LogP contribution in [0.3, 0.4) is 0 Å². The van der Waals surface area contributed by atoms with Crippen LogP contribution in [-0.4, -0.2) is 94.5 Å². The van der Waals surface area contributed by atoms with Crippen molar-refractivity contribution in [2.45, 2.75) is 37.2 Å². The van der Waals surface area contributed by atoms with Crippen molar-refractivity contribution >= 4 is 11.9 Å². The highest BCUT2D eigenvalue weighted by Gasteiger charge is 2.36. The number of carbonyl (C=O) groups excluding carboxylic acids is 1. The van der Waals surface area contributed by atoms with Crippen LogP contribution in [0.5, 0.6) is 5.75 Å². The molecule has 4 rings (SSSR count). The van der Waals surface area contributed by atoms with Gasteiger partial charge in [-0.05, 0) is 43.4 Å². The van der Waals surface area contributed by atoms with Crippen LogP contribution in [0.2, 0.25) is 0 Å². The van der Waals surface area contributed by atoms with Gasteiger partial charge in [0.05, 0.1) is 7.11 Å². The average Bonchev–Trinajstić information content (AvgIpc) is 3.40. The normalized spacial score (nSPS) is 23.8. The molecule has 8 heteroatoms. The molecule has 0 saturated carbocycles. The average molecular weight is 445 g/mol. The maximum atomic E-state index is 12.6. The van der Waals surface area contributed by atoms with Gasteiger partial charge in [-0.3, -0.25) is 9.79 Å². The monoisotopic (exact) mass is 444 g/mol. The Balaban J connectivity index is 1.36. The van der Waals surface area contributed by atoms with Gasteiger partial charge in [-0.15, -0.1) is 0 Å². The molecule has 0 radical (unpaired) electrons. The first-order chi connectivity index (χ1) is 15.6. The van der Waals surface area contributed by atoms with Crippen LogP contribution in [0.25, 0.3) is 0 Å². The number of nitrogens with one attached hydrogen (secondary N) is 1. The van der Waals surface area contributed by atoms with Crippen molar-refractivity contribution < 1.29 is 19.0 Å². The van der Waals surface area contributed by atoms with Gasteiger partial charge in [-0.25, -0.2) is 0 Å². The van der Waals surface area contributed by atoms with E-state index in [2.05, 4.69) is 27.3 Å². The van der Waals surface area contributed by atoms with E-state index in [9.17, 15) is 4.79 Å². The van der Waals surface area contributed by atoms with E-state index in [1.807, 2.05) is 24.1 Å². The number of piperazine rings is 1. The Morgan fingerprint density at radius 2 is 1.81 bits per heavy atom. The summed E-state index contributed by atoms with van der Waals surface area (Å²) in [4.78, 5) is 21.4. The van der Waals surface area contributed by atoms with E-state index in [1.54, 1.807) is 7.11 Å². The molecule has 1 aromatic rings. The number of methoxy groups -OCH3 is 1. The first-order valence-electron chi connectivity index (χ1n) is 11.7. The summed E-state index contributed by atoms with van der Waals surface area (Å²) < 4.78 is 16.6.